The van der Waals surface area contributed by atoms with Gasteiger partial charge in [-0.25, -0.2) is 0 Å². The summed E-state index contributed by atoms with van der Waals surface area (Å²) in [5.74, 6) is 0. The molecule has 18 heavy (non-hydrogen) atoms. The maximum atomic E-state index is 3.75. The van der Waals surface area contributed by atoms with Crippen molar-refractivity contribution in [3.05, 3.63) is 71.3 Å². The van der Waals surface area contributed by atoms with Crippen LogP contribution >= 0.6 is 0 Å². The third-order valence-electron chi connectivity index (χ3n) is 4.10. The highest BCUT2D eigenvalue weighted by Crippen LogP contribution is 2.37. The first-order chi connectivity index (χ1) is 8.87. The summed E-state index contributed by atoms with van der Waals surface area (Å²) in [6.45, 7) is 3.32. The van der Waals surface area contributed by atoms with Crippen LogP contribution in [0.15, 0.2) is 54.6 Å². The van der Waals surface area contributed by atoms with Gasteiger partial charge in [0, 0.05) is 6.54 Å². The molecule has 1 nitrogen and oxygen atoms in total. The van der Waals surface area contributed by atoms with E-state index in [0.717, 1.165) is 19.4 Å². The Balaban J connectivity index is 2.19. The molecule has 0 spiro atoms. The molecule has 1 heterocycles. The van der Waals surface area contributed by atoms with E-state index in [0.29, 0.717) is 0 Å². The average molecular weight is 237 g/mol. The molecule has 1 aliphatic rings. The van der Waals surface area contributed by atoms with Gasteiger partial charge in [-0.3, -0.25) is 0 Å². The molecule has 3 rings (SSSR count). The van der Waals surface area contributed by atoms with Crippen molar-refractivity contribution in [2.45, 2.75) is 25.3 Å². The molecule has 1 heteroatoms. The molecule has 0 saturated carbocycles. The van der Waals surface area contributed by atoms with Gasteiger partial charge >= 0.3 is 0 Å². The minimum absolute atomic E-state index is 0.00387. The molecule has 1 N–H and O–H groups in total. The number of hydrogen-bond donors (Lipinski definition) is 1. The second-order valence-corrected chi connectivity index (χ2v) is 4.96. The second kappa shape index (κ2) is 4.58. The third-order valence-corrected chi connectivity index (χ3v) is 4.10. The van der Waals surface area contributed by atoms with Gasteiger partial charge in [0.2, 0.25) is 0 Å². The molecule has 0 fully saturated rings. The van der Waals surface area contributed by atoms with Crippen LogP contribution in [0.25, 0.3) is 0 Å². The Morgan fingerprint density at radius 1 is 1.00 bits per heavy atom. The van der Waals surface area contributed by atoms with E-state index in [2.05, 4.69) is 66.8 Å². The van der Waals surface area contributed by atoms with Crippen molar-refractivity contribution in [3.63, 3.8) is 0 Å². The molecule has 0 radical (unpaired) electrons. The number of hydrogen-bond acceptors (Lipinski definition) is 1. The average Bonchev–Trinajstić information content (AvgIpc) is 2.47. The summed E-state index contributed by atoms with van der Waals surface area (Å²) in [5.41, 5.74) is 4.31. The summed E-state index contributed by atoms with van der Waals surface area (Å²) in [4.78, 5) is 0. The lowest BCUT2D eigenvalue weighted by Crippen LogP contribution is -2.47. The zero-order valence-electron chi connectivity index (χ0n) is 10.8. The SMILES string of the molecule is CCC1(c2ccccc2)NCCc2ccccc21. The summed E-state index contributed by atoms with van der Waals surface area (Å²) >= 11 is 0. The van der Waals surface area contributed by atoms with Crippen molar-refractivity contribution in [3.8, 4) is 0 Å². The van der Waals surface area contributed by atoms with E-state index in [1.807, 2.05) is 0 Å². The smallest absolute Gasteiger partial charge is 0.0690 e. The molecule has 0 bridgehead atoms. The molecule has 2 aromatic carbocycles. The van der Waals surface area contributed by atoms with Gasteiger partial charge < -0.3 is 5.32 Å². The monoisotopic (exact) mass is 237 g/mol. The van der Waals surface area contributed by atoms with Crippen LogP contribution < -0.4 is 5.32 Å². The highest BCUT2D eigenvalue weighted by Gasteiger charge is 2.35. The maximum Gasteiger partial charge on any atom is 0.0690 e. The Bertz CT molecular complexity index is 532. The van der Waals surface area contributed by atoms with Crippen molar-refractivity contribution < 1.29 is 0 Å². The van der Waals surface area contributed by atoms with E-state index in [-0.39, 0.29) is 5.54 Å². The van der Waals surface area contributed by atoms with E-state index in [4.69, 9.17) is 0 Å². The van der Waals surface area contributed by atoms with Crippen molar-refractivity contribution in [2.24, 2.45) is 0 Å². The minimum atomic E-state index is -0.00387. The fourth-order valence-corrected chi connectivity index (χ4v) is 3.16. The zero-order chi connectivity index (χ0) is 12.4. The van der Waals surface area contributed by atoms with Crippen LogP contribution in [0.3, 0.4) is 0 Å². The maximum absolute atomic E-state index is 3.75. The molecule has 0 amide bonds. The fourth-order valence-electron chi connectivity index (χ4n) is 3.16. The van der Waals surface area contributed by atoms with Crippen molar-refractivity contribution in [2.75, 3.05) is 6.54 Å². The van der Waals surface area contributed by atoms with Gasteiger partial charge in [-0.15, -0.1) is 0 Å². The Hall–Kier alpha value is -1.60. The molecule has 92 valence electrons. The number of benzene rings is 2. The van der Waals surface area contributed by atoms with Crippen molar-refractivity contribution >= 4 is 0 Å². The molecular weight excluding hydrogens is 218 g/mol. The lowest BCUT2D eigenvalue weighted by atomic mass is 9.75. The number of nitrogens with one attached hydrogen (secondary N) is 1. The fraction of sp³-hybridized carbons (Fsp3) is 0.294. The van der Waals surface area contributed by atoms with Crippen LogP contribution in [0, 0.1) is 0 Å². The summed E-state index contributed by atoms with van der Waals surface area (Å²) in [6.07, 6.45) is 2.21. The first kappa shape index (κ1) is 11.5. The van der Waals surface area contributed by atoms with Gasteiger partial charge in [-0.2, -0.15) is 0 Å². The van der Waals surface area contributed by atoms with Crippen LogP contribution in [-0.2, 0) is 12.0 Å². The quantitative estimate of drug-likeness (QED) is 0.843. The van der Waals surface area contributed by atoms with Crippen LogP contribution in [0.2, 0.25) is 0 Å². The molecule has 1 unspecified atom stereocenters. The first-order valence-corrected chi connectivity index (χ1v) is 6.76. The van der Waals surface area contributed by atoms with Crippen molar-refractivity contribution in [1.82, 2.24) is 5.32 Å². The van der Waals surface area contributed by atoms with Gasteiger partial charge in [-0.1, -0.05) is 61.5 Å². The molecule has 1 atom stereocenters. The lowest BCUT2D eigenvalue weighted by molar-refractivity contribution is 0.367. The summed E-state index contributed by atoms with van der Waals surface area (Å²) < 4.78 is 0. The van der Waals surface area contributed by atoms with Gasteiger partial charge in [0.05, 0.1) is 5.54 Å². The Morgan fingerprint density at radius 3 is 2.50 bits per heavy atom. The van der Waals surface area contributed by atoms with Crippen molar-refractivity contribution in [1.29, 1.82) is 0 Å². The second-order valence-electron chi connectivity index (χ2n) is 4.96. The van der Waals surface area contributed by atoms with Crippen LogP contribution in [0.4, 0.5) is 0 Å². The first-order valence-electron chi connectivity index (χ1n) is 6.76. The highest BCUT2D eigenvalue weighted by atomic mass is 15.0. The van der Waals surface area contributed by atoms with E-state index < -0.39 is 0 Å². The van der Waals surface area contributed by atoms with E-state index in [1.165, 1.54) is 16.7 Å². The summed E-state index contributed by atoms with van der Waals surface area (Å²) in [7, 11) is 0. The molecule has 1 aliphatic heterocycles. The predicted octanol–water partition coefficient (Wildman–Crippen LogP) is 3.49. The van der Waals surface area contributed by atoms with Crippen LogP contribution in [0.5, 0.6) is 0 Å². The van der Waals surface area contributed by atoms with Gasteiger partial charge in [0.25, 0.3) is 0 Å². The van der Waals surface area contributed by atoms with E-state index >= 15 is 0 Å². The molecule has 0 aliphatic carbocycles. The Morgan fingerprint density at radius 2 is 1.72 bits per heavy atom. The Kier molecular flexibility index (Phi) is 2.92. The van der Waals surface area contributed by atoms with Gasteiger partial charge in [-0.05, 0) is 29.5 Å². The van der Waals surface area contributed by atoms with Gasteiger partial charge in [0.15, 0.2) is 0 Å². The Labute approximate surface area is 109 Å². The standard InChI is InChI=1S/C17H19N/c1-2-17(15-9-4-3-5-10-15)16-11-7-6-8-14(16)12-13-18-17/h3-11,18H,2,12-13H2,1H3. The summed E-state index contributed by atoms with van der Waals surface area (Å²) in [6, 6.07) is 19.7. The molecule has 0 aromatic heterocycles. The highest BCUT2D eigenvalue weighted by molar-refractivity contribution is 5.44. The molecule has 0 saturated heterocycles. The minimum Gasteiger partial charge on any atom is -0.303 e. The largest absolute Gasteiger partial charge is 0.303 e. The van der Waals surface area contributed by atoms with Crippen LogP contribution in [0.1, 0.15) is 30.0 Å². The third kappa shape index (κ3) is 1.67. The van der Waals surface area contributed by atoms with Crippen LogP contribution in [-0.4, -0.2) is 6.54 Å². The van der Waals surface area contributed by atoms with E-state index in [9.17, 15) is 0 Å². The lowest BCUT2D eigenvalue weighted by Gasteiger charge is -2.40. The number of rotatable bonds is 2. The topological polar surface area (TPSA) is 12.0 Å². The van der Waals surface area contributed by atoms with E-state index in [1.54, 1.807) is 0 Å². The number of fused-ring (bicyclic) bond motifs is 1. The zero-order valence-corrected chi connectivity index (χ0v) is 10.8. The normalized spacial score (nSPS) is 22.5. The van der Waals surface area contributed by atoms with Gasteiger partial charge in [0.1, 0.15) is 0 Å². The molecular formula is C17H19N. The predicted molar refractivity (Wildman–Crippen MR) is 75.7 cm³/mol. The molecule has 2 aromatic rings. The summed E-state index contributed by atoms with van der Waals surface area (Å²) in [5, 5.41) is 3.75.